The van der Waals surface area contributed by atoms with E-state index in [-0.39, 0.29) is 17.4 Å². The number of carbonyl (C=O) groups is 1. The Bertz CT molecular complexity index is 1020. The fraction of sp³-hybridized carbons (Fsp3) is 0.450. The number of methoxy groups -OCH3 is 1. The molecule has 2 aliphatic rings. The molecule has 1 saturated heterocycles. The van der Waals surface area contributed by atoms with Crippen LogP contribution in [0.2, 0.25) is 0 Å². The first-order valence-electron chi connectivity index (χ1n) is 9.63. The van der Waals surface area contributed by atoms with E-state index in [4.69, 9.17) is 9.15 Å². The van der Waals surface area contributed by atoms with Crippen molar-refractivity contribution >= 4 is 11.5 Å². The highest BCUT2D eigenvalue weighted by Gasteiger charge is 2.58. The van der Waals surface area contributed by atoms with Crippen LogP contribution in [-0.4, -0.2) is 46.6 Å². The summed E-state index contributed by atoms with van der Waals surface area (Å²) < 4.78 is 52.5. The van der Waals surface area contributed by atoms with Crippen molar-refractivity contribution in [3.05, 3.63) is 53.4 Å². The molecule has 31 heavy (non-hydrogen) atoms. The van der Waals surface area contributed by atoms with Gasteiger partial charge in [-0.15, -0.1) is 10.2 Å². The number of carbonyl (C=O) groups excluding carboxylic acids is 1. The number of alkyl halides is 3. The van der Waals surface area contributed by atoms with E-state index in [1.807, 2.05) is 0 Å². The lowest BCUT2D eigenvalue weighted by Crippen LogP contribution is -2.54. The Hall–Kier alpha value is -2.92. The molecule has 0 spiro atoms. The highest BCUT2D eigenvalue weighted by molar-refractivity contribution is 6.19. The van der Waals surface area contributed by atoms with Crippen molar-refractivity contribution in [1.29, 1.82) is 0 Å². The lowest BCUT2D eigenvalue weighted by Gasteiger charge is -2.34. The summed E-state index contributed by atoms with van der Waals surface area (Å²) in [4.78, 5) is 13.2. The molecule has 4 rings (SSSR count). The molecule has 2 aromatic rings. The van der Waals surface area contributed by atoms with E-state index < -0.39 is 35.8 Å². The molecule has 1 amide bonds. The first-order chi connectivity index (χ1) is 14.5. The van der Waals surface area contributed by atoms with E-state index in [2.05, 4.69) is 20.9 Å². The van der Waals surface area contributed by atoms with Crippen LogP contribution in [0, 0.1) is 0 Å². The Morgan fingerprint density at radius 1 is 1.16 bits per heavy atom. The third-order valence-electron chi connectivity index (χ3n) is 5.63. The monoisotopic (exact) mass is 437 g/mol. The van der Waals surface area contributed by atoms with Crippen molar-refractivity contribution in [2.24, 2.45) is 0 Å². The van der Waals surface area contributed by atoms with Crippen molar-refractivity contribution < 1.29 is 27.1 Å². The Morgan fingerprint density at radius 2 is 1.84 bits per heavy atom. The first-order valence-corrected chi connectivity index (χ1v) is 9.63. The summed E-state index contributed by atoms with van der Waals surface area (Å²) in [7, 11) is 1.47. The summed E-state index contributed by atoms with van der Waals surface area (Å²) in [5, 5.41) is 11.8. The van der Waals surface area contributed by atoms with Crippen LogP contribution in [-0.2, 0) is 15.1 Å². The van der Waals surface area contributed by atoms with Gasteiger partial charge in [-0.3, -0.25) is 4.79 Å². The fourth-order valence-corrected chi connectivity index (χ4v) is 3.80. The first kappa shape index (κ1) is 21.3. The molecule has 3 heterocycles. The highest BCUT2D eigenvalue weighted by Crippen LogP contribution is 2.42. The van der Waals surface area contributed by atoms with Crippen LogP contribution in [0.4, 0.5) is 13.2 Å². The number of fused-ring (bicyclic) bond motifs is 1. The normalized spacial score (nSPS) is 24.4. The molecule has 0 saturated carbocycles. The molecule has 2 N–H and O–H groups in total. The number of allylic oxidation sites excluding steroid dienone is 1. The van der Waals surface area contributed by atoms with E-state index in [1.165, 1.54) is 7.11 Å². The highest BCUT2D eigenvalue weighted by atomic mass is 19.4. The van der Waals surface area contributed by atoms with Crippen molar-refractivity contribution in [2.45, 2.75) is 50.7 Å². The predicted octanol–water partition coefficient (Wildman–Crippen LogP) is 2.67. The quantitative estimate of drug-likeness (QED) is 0.760. The van der Waals surface area contributed by atoms with Gasteiger partial charge in [0.25, 0.3) is 11.8 Å². The Kier molecular flexibility index (Phi) is 5.05. The lowest BCUT2D eigenvalue weighted by molar-refractivity contribution is -0.161. The summed E-state index contributed by atoms with van der Waals surface area (Å²) in [6.07, 6.45) is -5.52. The number of hydrazine groups is 1. The number of halogens is 3. The summed E-state index contributed by atoms with van der Waals surface area (Å²) in [5.74, 6) is -1.68. The van der Waals surface area contributed by atoms with Crippen LogP contribution < -0.4 is 10.7 Å². The van der Waals surface area contributed by atoms with Crippen molar-refractivity contribution in [3.8, 4) is 0 Å². The largest absolute Gasteiger partial charge is 0.417 e. The summed E-state index contributed by atoms with van der Waals surface area (Å²) in [5.41, 5.74) is 2.27. The third-order valence-corrected chi connectivity index (χ3v) is 5.63. The van der Waals surface area contributed by atoms with Crippen LogP contribution in [0.15, 0.2) is 40.4 Å². The van der Waals surface area contributed by atoms with E-state index in [1.54, 1.807) is 51.1 Å². The van der Waals surface area contributed by atoms with Gasteiger partial charge in [0.15, 0.2) is 0 Å². The maximum Gasteiger partial charge on any atom is 0.406 e. The van der Waals surface area contributed by atoms with Crippen LogP contribution in [0.3, 0.4) is 0 Å². The zero-order chi connectivity index (χ0) is 22.6. The van der Waals surface area contributed by atoms with Gasteiger partial charge in [-0.1, -0.05) is 30.3 Å². The molecular formula is C20H22F3N5O3. The second-order valence-corrected chi connectivity index (χ2v) is 7.98. The van der Waals surface area contributed by atoms with Crippen molar-refractivity contribution in [1.82, 2.24) is 25.9 Å². The summed E-state index contributed by atoms with van der Waals surface area (Å²) in [6, 6.07) is 6.35. The molecule has 3 unspecified atom stereocenters. The molecule has 1 aromatic heterocycles. The maximum absolute atomic E-state index is 13.9. The molecular weight excluding hydrogens is 415 g/mol. The molecule has 8 nitrogen and oxygen atoms in total. The Labute approximate surface area is 176 Å². The number of rotatable bonds is 4. The van der Waals surface area contributed by atoms with Crippen LogP contribution in [0.5, 0.6) is 0 Å². The fourth-order valence-electron chi connectivity index (χ4n) is 3.80. The topological polar surface area (TPSA) is 92.5 Å². The summed E-state index contributed by atoms with van der Waals surface area (Å²) >= 11 is 0. The minimum Gasteiger partial charge on any atom is -0.417 e. The van der Waals surface area contributed by atoms with E-state index >= 15 is 0 Å². The maximum atomic E-state index is 13.9. The number of hydrogen-bond donors (Lipinski definition) is 2. The number of nitrogens with zero attached hydrogens (tertiary/aromatic N) is 3. The number of ether oxygens (including phenoxy) is 1. The zero-order valence-corrected chi connectivity index (χ0v) is 17.3. The van der Waals surface area contributed by atoms with Crippen LogP contribution in [0.1, 0.15) is 44.0 Å². The molecule has 11 heteroatoms. The molecule has 0 radical (unpaired) electrons. The predicted molar refractivity (Wildman–Crippen MR) is 103 cm³/mol. The second kappa shape index (κ2) is 7.34. The Balaban J connectivity index is 1.73. The molecule has 1 fully saturated rings. The average Bonchev–Trinajstić information content (AvgIpc) is 3.34. The molecule has 166 valence electrons. The lowest BCUT2D eigenvalue weighted by atomic mass is 9.89. The van der Waals surface area contributed by atoms with Crippen LogP contribution >= 0.6 is 0 Å². The van der Waals surface area contributed by atoms with E-state index in [0.717, 1.165) is 5.01 Å². The van der Waals surface area contributed by atoms with E-state index in [9.17, 15) is 18.0 Å². The number of nitrogens with one attached hydrogen (secondary N) is 2. The van der Waals surface area contributed by atoms with Crippen LogP contribution in [0.25, 0.3) is 5.57 Å². The smallest absolute Gasteiger partial charge is 0.406 e. The molecule has 2 aliphatic heterocycles. The zero-order valence-electron chi connectivity index (χ0n) is 17.3. The number of aromatic nitrogens is 2. The molecule has 0 aliphatic carbocycles. The van der Waals surface area contributed by atoms with Gasteiger partial charge in [-0.25, -0.2) is 10.4 Å². The second-order valence-electron chi connectivity index (χ2n) is 7.98. The van der Waals surface area contributed by atoms with Gasteiger partial charge in [-0.2, -0.15) is 13.2 Å². The third kappa shape index (κ3) is 3.57. The van der Waals surface area contributed by atoms with E-state index in [0.29, 0.717) is 11.3 Å². The Morgan fingerprint density at radius 3 is 2.45 bits per heavy atom. The number of amides is 1. The van der Waals surface area contributed by atoms with Gasteiger partial charge in [0.2, 0.25) is 5.89 Å². The molecule has 0 bridgehead atoms. The number of benzene rings is 1. The van der Waals surface area contributed by atoms with Gasteiger partial charge in [-0.05, 0) is 26.3 Å². The van der Waals surface area contributed by atoms with Crippen molar-refractivity contribution in [3.63, 3.8) is 0 Å². The molecule has 1 aromatic carbocycles. The van der Waals surface area contributed by atoms with Crippen molar-refractivity contribution in [2.75, 3.05) is 7.11 Å². The number of hydrogen-bond acceptors (Lipinski definition) is 7. The van der Waals surface area contributed by atoms with Gasteiger partial charge in [0, 0.05) is 12.8 Å². The minimum atomic E-state index is -4.58. The van der Waals surface area contributed by atoms with Gasteiger partial charge in [0.05, 0.1) is 5.92 Å². The van der Waals surface area contributed by atoms with Gasteiger partial charge < -0.3 is 14.5 Å². The van der Waals surface area contributed by atoms with Gasteiger partial charge >= 0.3 is 6.18 Å². The molecule has 3 atom stereocenters. The standard InChI is InChI=1S/C20H22F3N5O3/c1-10-12(16-25-26-18(31-16)19(2,3)30-4)17(29)28-15(24-10)13(11-8-6-5-7-9-11)14(27-28)20(21,22)23/h5-9,13-15,24,27H,1-4H3. The summed E-state index contributed by atoms with van der Waals surface area (Å²) in [6.45, 7) is 5.02. The minimum absolute atomic E-state index is 0.00374. The van der Waals surface area contributed by atoms with Gasteiger partial charge in [0.1, 0.15) is 23.4 Å². The average molecular weight is 437 g/mol. The SMILES string of the molecule is COC(C)(C)c1nnc(C2=C(C)NC3C(c4ccccc4)C(C(F)(F)F)NN3C2=O)o1.